The summed E-state index contributed by atoms with van der Waals surface area (Å²) < 4.78 is 1.78. The van der Waals surface area contributed by atoms with Gasteiger partial charge in [0.25, 0.3) is 0 Å². The van der Waals surface area contributed by atoms with Gasteiger partial charge in [-0.05, 0) is 35.6 Å². The van der Waals surface area contributed by atoms with E-state index in [0.29, 0.717) is 17.5 Å². The highest BCUT2D eigenvalue weighted by Gasteiger charge is 2.16. The number of benzene rings is 2. The van der Waals surface area contributed by atoms with E-state index in [1.54, 1.807) is 16.8 Å². The Morgan fingerprint density at radius 1 is 1.11 bits per heavy atom. The number of unbranched alkanes of at least 4 members (excludes halogenated alkanes) is 1. The van der Waals surface area contributed by atoms with Crippen LogP contribution in [0.5, 0.6) is 0 Å². The molecule has 0 amide bonds. The largest absolute Gasteiger partial charge is 0.478 e. The summed E-state index contributed by atoms with van der Waals surface area (Å²) >= 11 is 0. The first kappa shape index (κ1) is 19.8. The maximum atomic E-state index is 11.5. The van der Waals surface area contributed by atoms with E-state index in [9.17, 15) is 15.0 Å². The minimum atomic E-state index is -0.928. The number of aliphatic hydroxyl groups is 1. The quantitative estimate of drug-likeness (QED) is 0.616. The molecule has 0 spiro atoms. The van der Waals surface area contributed by atoms with Crippen LogP contribution < -0.4 is 0 Å². The van der Waals surface area contributed by atoms with Gasteiger partial charge in [-0.25, -0.2) is 4.79 Å². The number of carbonyl (C=O) groups is 1. The molecule has 146 valence electrons. The average Bonchev–Trinajstić information content (AvgIpc) is 3.01. The van der Waals surface area contributed by atoms with E-state index in [2.05, 4.69) is 12.0 Å². The molecule has 1 aromatic heterocycles. The fraction of sp³-hybridized carbons (Fsp3) is 0.304. The van der Waals surface area contributed by atoms with Gasteiger partial charge >= 0.3 is 5.97 Å². The monoisotopic (exact) mass is 378 g/mol. The molecule has 5 nitrogen and oxygen atoms in total. The lowest BCUT2D eigenvalue weighted by atomic mass is 9.96. The summed E-state index contributed by atoms with van der Waals surface area (Å²) in [6, 6.07) is 15.0. The summed E-state index contributed by atoms with van der Waals surface area (Å²) in [5.41, 5.74) is 5.99. The molecule has 0 atom stereocenters. The third kappa shape index (κ3) is 4.15. The van der Waals surface area contributed by atoms with Crippen molar-refractivity contribution in [3.05, 3.63) is 76.6 Å². The summed E-state index contributed by atoms with van der Waals surface area (Å²) in [6.45, 7) is 2.12. The van der Waals surface area contributed by atoms with Gasteiger partial charge in [-0.2, -0.15) is 5.10 Å². The number of carboxylic acids is 1. The van der Waals surface area contributed by atoms with Gasteiger partial charge in [-0.15, -0.1) is 0 Å². The maximum Gasteiger partial charge on any atom is 0.336 e. The van der Waals surface area contributed by atoms with E-state index in [4.69, 9.17) is 0 Å². The Morgan fingerprint density at radius 3 is 2.46 bits per heavy atom. The summed E-state index contributed by atoms with van der Waals surface area (Å²) in [4.78, 5) is 11.5. The zero-order valence-corrected chi connectivity index (χ0v) is 16.4. The van der Waals surface area contributed by atoms with E-state index in [0.717, 1.165) is 47.3 Å². The van der Waals surface area contributed by atoms with Crippen molar-refractivity contribution in [2.24, 2.45) is 7.05 Å². The van der Waals surface area contributed by atoms with E-state index in [1.165, 1.54) is 0 Å². The van der Waals surface area contributed by atoms with Crippen molar-refractivity contribution in [2.45, 2.75) is 39.2 Å². The first-order valence-electron chi connectivity index (χ1n) is 9.61. The van der Waals surface area contributed by atoms with Crippen LogP contribution in [0, 0.1) is 0 Å². The Labute approximate surface area is 165 Å². The fourth-order valence-electron chi connectivity index (χ4n) is 3.54. The van der Waals surface area contributed by atoms with Crippen LogP contribution in [-0.4, -0.2) is 26.0 Å². The van der Waals surface area contributed by atoms with Gasteiger partial charge in [0.15, 0.2) is 0 Å². The third-order valence-electron chi connectivity index (χ3n) is 5.08. The van der Waals surface area contributed by atoms with Gasteiger partial charge in [0.05, 0.1) is 23.6 Å². The second-order valence-electron chi connectivity index (χ2n) is 6.98. The molecular weight excluding hydrogens is 352 g/mol. The first-order chi connectivity index (χ1) is 13.5. The molecule has 1 heterocycles. The number of rotatable bonds is 8. The molecule has 0 saturated heterocycles. The van der Waals surface area contributed by atoms with Gasteiger partial charge in [-0.1, -0.05) is 55.8 Å². The molecule has 0 unspecified atom stereocenters. The molecule has 0 aliphatic rings. The van der Waals surface area contributed by atoms with Gasteiger partial charge in [-0.3, -0.25) is 4.68 Å². The lowest BCUT2D eigenvalue weighted by Gasteiger charge is -2.09. The molecule has 0 saturated carbocycles. The van der Waals surface area contributed by atoms with Crippen molar-refractivity contribution in [3.63, 3.8) is 0 Å². The lowest BCUT2D eigenvalue weighted by molar-refractivity contribution is 0.0697. The zero-order valence-electron chi connectivity index (χ0n) is 16.4. The fourth-order valence-corrected chi connectivity index (χ4v) is 3.54. The highest BCUT2D eigenvalue weighted by atomic mass is 16.4. The lowest BCUT2D eigenvalue weighted by Crippen LogP contribution is -2.01. The van der Waals surface area contributed by atoms with Crippen molar-refractivity contribution < 1.29 is 15.0 Å². The van der Waals surface area contributed by atoms with Gasteiger partial charge in [0, 0.05) is 19.0 Å². The number of aliphatic hydroxyl groups excluding tert-OH is 1. The van der Waals surface area contributed by atoms with Crippen LogP contribution in [0.1, 0.15) is 52.6 Å². The van der Waals surface area contributed by atoms with Crippen molar-refractivity contribution in [3.8, 4) is 11.1 Å². The van der Waals surface area contributed by atoms with Crippen molar-refractivity contribution >= 4 is 5.97 Å². The summed E-state index contributed by atoms with van der Waals surface area (Å²) in [6.07, 6.45) is 3.77. The van der Waals surface area contributed by atoms with Gasteiger partial charge < -0.3 is 10.2 Å². The van der Waals surface area contributed by atoms with Crippen LogP contribution in [0.25, 0.3) is 11.1 Å². The Balaban J connectivity index is 1.89. The van der Waals surface area contributed by atoms with Crippen molar-refractivity contribution in [1.29, 1.82) is 0 Å². The highest BCUT2D eigenvalue weighted by molar-refractivity contribution is 5.95. The normalized spacial score (nSPS) is 11.0. The molecule has 28 heavy (non-hydrogen) atoms. The van der Waals surface area contributed by atoms with Crippen LogP contribution in [0.4, 0.5) is 0 Å². The number of carboxylic acid groups (broad SMARTS) is 1. The van der Waals surface area contributed by atoms with Crippen molar-refractivity contribution in [2.75, 3.05) is 0 Å². The molecule has 0 fully saturated rings. The molecule has 0 aliphatic carbocycles. The molecule has 5 heteroatoms. The van der Waals surface area contributed by atoms with E-state index < -0.39 is 5.97 Å². The number of aromatic nitrogens is 2. The van der Waals surface area contributed by atoms with E-state index in [-0.39, 0.29) is 6.61 Å². The number of nitrogens with zero attached hydrogens (tertiary/aromatic N) is 2. The van der Waals surface area contributed by atoms with E-state index >= 15 is 0 Å². The van der Waals surface area contributed by atoms with Crippen LogP contribution in [0.15, 0.2) is 48.5 Å². The standard InChI is InChI=1S/C23H26N2O3/c1-3-4-9-21-20(22(15-26)25(2)24-21)14-16-10-12-17(13-11-16)18-7-5-6-8-19(18)23(27)28/h5-8,10-13,26H,3-4,9,14-15H2,1-2H3,(H,27,28). The molecule has 3 rings (SSSR count). The van der Waals surface area contributed by atoms with E-state index in [1.807, 2.05) is 43.4 Å². The molecule has 0 aliphatic heterocycles. The Bertz CT molecular complexity index is 958. The zero-order chi connectivity index (χ0) is 20.1. The molecular formula is C23H26N2O3. The highest BCUT2D eigenvalue weighted by Crippen LogP contribution is 2.26. The molecule has 3 aromatic rings. The second kappa shape index (κ2) is 8.85. The number of aromatic carboxylic acids is 1. The predicted molar refractivity (Wildman–Crippen MR) is 109 cm³/mol. The van der Waals surface area contributed by atoms with Crippen LogP contribution in [0.2, 0.25) is 0 Å². The number of aryl methyl sites for hydroxylation is 2. The smallest absolute Gasteiger partial charge is 0.336 e. The number of hydrogen-bond acceptors (Lipinski definition) is 3. The molecule has 0 bridgehead atoms. The first-order valence-corrected chi connectivity index (χ1v) is 9.61. The van der Waals surface area contributed by atoms with Crippen LogP contribution >= 0.6 is 0 Å². The van der Waals surface area contributed by atoms with Gasteiger partial charge in [0.2, 0.25) is 0 Å². The second-order valence-corrected chi connectivity index (χ2v) is 6.98. The Morgan fingerprint density at radius 2 is 1.82 bits per heavy atom. The topological polar surface area (TPSA) is 75.3 Å². The van der Waals surface area contributed by atoms with Crippen LogP contribution in [-0.2, 0) is 26.5 Å². The van der Waals surface area contributed by atoms with Gasteiger partial charge in [0.1, 0.15) is 0 Å². The summed E-state index contributed by atoms with van der Waals surface area (Å²) in [5, 5.41) is 23.8. The average molecular weight is 378 g/mol. The Kier molecular flexibility index (Phi) is 6.26. The minimum Gasteiger partial charge on any atom is -0.478 e. The van der Waals surface area contributed by atoms with Crippen molar-refractivity contribution in [1.82, 2.24) is 9.78 Å². The molecule has 0 radical (unpaired) electrons. The minimum absolute atomic E-state index is 0.0327. The maximum absolute atomic E-state index is 11.5. The third-order valence-corrected chi connectivity index (χ3v) is 5.08. The SMILES string of the molecule is CCCCc1nn(C)c(CO)c1Cc1ccc(-c2ccccc2C(=O)O)cc1. The molecule has 2 N–H and O–H groups in total. The molecule has 2 aromatic carbocycles. The summed E-state index contributed by atoms with van der Waals surface area (Å²) in [5.74, 6) is -0.928. The number of hydrogen-bond donors (Lipinski definition) is 2. The van der Waals surface area contributed by atoms with Crippen LogP contribution in [0.3, 0.4) is 0 Å². The predicted octanol–water partition coefficient (Wildman–Crippen LogP) is 4.21. The summed E-state index contributed by atoms with van der Waals surface area (Å²) in [7, 11) is 1.87. The Hall–Kier alpha value is -2.92.